The molecule has 0 saturated carbocycles. The fourth-order valence-corrected chi connectivity index (χ4v) is 2.98. The molecule has 1 aromatic rings. The van der Waals surface area contributed by atoms with Crippen molar-refractivity contribution < 1.29 is 4.74 Å². The maximum Gasteiger partial charge on any atom is 0.123 e. The fraction of sp³-hybridized carbons (Fsp3) is 0.625. The average Bonchev–Trinajstić information content (AvgIpc) is 2.44. The molecule has 1 aliphatic heterocycles. The van der Waals surface area contributed by atoms with Crippen LogP contribution in [0.4, 0.5) is 0 Å². The fourth-order valence-electron chi connectivity index (χ4n) is 2.63. The van der Waals surface area contributed by atoms with Gasteiger partial charge in [-0.2, -0.15) is 0 Å². The largest absolute Gasteiger partial charge is 0.493 e. The van der Waals surface area contributed by atoms with Crippen molar-refractivity contribution in [2.24, 2.45) is 5.92 Å². The van der Waals surface area contributed by atoms with E-state index in [4.69, 9.17) is 4.74 Å². The Labute approximate surface area is 125 Å². The van der Waals surface area contributed by atoms with Gasteiger partial charge in [-0.1, -0.05) is 22.0 Å². The summed E-state index contributed by atoms with van der Waals surface area (Å²) < 4.78 is 6.98. The molecule has 0 amide bonds. The number of piperidine rings is 1. The van der Waals surface area contributed by atoms with Crippen molar-refractivity contribution in [3.8, 4) is 5.75 Å². The van der Waals surface area contributed by atoms with E-state index in [0.717, 1.165) is 29.2 Å². The van der Waals surface area contributed by atoms with E-state index < -0.39 is 0 Å². The first-order valence-electron chi connectivity index (χ1n) is 7.36. The molecule has 0 unspecified atom stereocenters. The Balaban J connectivity index is 1.62. The lowest BCUT2D eigenvalue weighted by atomic mass is 9.94. The minimum Gasteiger partial charge on any atom is -0.493 e. The highest BCUT2D eigenvalue weighted by Gasteiger charge is 2.12. The van der Waals surface area contributed by atoms with Crippen LogP contribution in [0.15, 0.2) is 22.7 Å². The van der Waals surface area contributed by atoms with Gasteiger partial charge in [0, 0.05) is 10.0 Å². The summed E-state index contributed by atoms with van der Waals surface area (Å²) in [6.07, 6.45) is 6.52. The first-order chi connectivity index (χ1) is 9.27. The number of hydrogen-bond donors (Lipinski definition) is 1. The standard InChI is InChI=1S/C16H24BrNO/c1-13-15(17)8-4-9-16(13)19-11-3-2-6-14-7-5-10-18-12-14/h4,8-9,14,18H,2-3,5-7,10-12H2,1H3/t14-/m0/s1. The van der Waals surface area contributed by atoms with Gasteiger partial charge in [-0.25, -0.2) is 0 Å². The third-order valence-electron chi connectivity index (χ3n) is 3.88. The Hall–Kier alpha value is -0.540. The molecule has 0 spiro atoms. The monoisotopic (exact) mass is 325 g/mol. The molecule has 3 heteroatoms. The predicted molar refractivity (Wildman–Crippen MR) is 83.8 cm³/mol. The zero-order valence-electron chi connectivity index (χ0n) is 11.8. The molecule has 2 nitrogen and oxygen atoms in total. The van der Waals surface area contributed by atoms with Crippen LogP contribution in [0.1, 0.15) is 37.7 Å². The van der Waals surface area contributed by atoms with E-state index in [0.29, 0.717) is 0 Å². The lowest BCUT2D eigenvalue weighted by molar-refractivity contribution is 0.287. The molecule has 0 bridgehead atoms. The third-order valence-corrected chi connectivity index (χ3v) is 4.74. The molecule has 19 heavy (non-hydrogen) atoms. The van der Waals surface area contributed by atoms with E-state index in [1.165, 1.54) is 44.3 Å². The predicted octanol–water partition coefficient (Wildman–Crippen LogP) is 4.31. The van der Waals surface area contributed by atoms with Crippen LogP contribution in [0.3, 0.4) is 0 Å². The molecule has 0 radical (unpaired) electrons. The number of benzene rings is 1. The normalized spacial score (nSPS) is 19.4. The van der Waals surface area contributed by atoms with Gasteiger partial charge in [0.2, 0.25) is 0 Å². The summed E-state index contributed by atoms with van der Waals surface area (Å²) in [4.78, 5) is 0. The Morgan fingerprint density at radius 2 is 2.26 bits per heavy atom. The Morgan fingerprint density at radius 3 is 3.05 bits per heavy atom. The van der Waals surface area contributed by atoms with Crippen molar-refractivity contribution in [1.29, 1.82) is 0 Å². The van der Waals surface area contributed by atoms with Gasteiger partial charge in [0.05, 0.1) is 6.61 Å². The van der Waals surface area contributed by atoms with Gasteiger partial charge >= 0.3 is 0 Å². The molecule has 2 rings (SSSR count). The van der Waals surface area contributed by atoms with Crippen LogP contribution < -0.4 is 10.1 Å². The van der Waals surface area contributed by atoms with E-state index in [1.54, 1.807) is 0 Å². The van der Waals surface area contributed by atoms with Gasteiger partial charge in [0.15, 0.2) is 0 Å². The number of hydrogen-bond acceptors (Lipinski definition) is 2. The van der Waals surface area contributed by atoms with Crippen molar-refractivity contribution in [2.75, 3.05) is 19.7 Å². The average molecular weight is 326 g/mol. The summed E-state index contributed by atoms with van der Waals surface area (Å²) in [5, 5.41) is 3.48. The van der Waals surface area contributed by atoms with Crippen molar-refractivity contribution >= 4 is 15.9 Å². The molecule has 1 aromatic carbocycles. The van der Waals surface area contributed by atoms with E-state index >= 15 is 0 Å². The Morgan fingerprint density at radius 1 is 1.37 bits per heavy atom. The number of nitrogens with one attached hydrogen (secondary N) is 1. The van der Waals surface area contributed by atoms with Gasteiger partial charge in [0.1, 0.15) is 5.75 Å². The highest BCUT2D eigenvalue weighted by atomic mass is 79.9. The maximum atomic E-state index is 5.86. The van der Waals surface area contributed by atoms with Crippen LogP contribution in [0.2, 0.25) is 0 Å². The molecule has 1 atom stereocenters. The van der Waals surface area contributed by atoms with Gasteiger partial charge < -0.3 is 10.1 Å². The van der Waals surface area contributed by atoms with Gasteiger partial charge in [0.25, 0.3) is 0 Å². The molecular weight excluding hydrogens is 302 g/mol. The van der Waals surface area contributed by atoms with Crippen molar-refractivity contribution in [2.45, 2.75) is 39.0 Å². The first-order valence-corrected chi connectivity index (χ1v) is 8.15. The van der Waals surface area contributed by atoms with Crippen LogP contribution in [0, 0.1) is 12.8 Å². The summed E-state index contributed by atoms with van der Waals surface area (Å²) in [7, 11) is 0. The van der Waals surface area contributed by atoms with E-state index in [9.17, 15) is 0 Å². The number of halogens is 1. The minimum atomic E-state index is 0.831. The second-order valence-corrected chi connectivity index (χ2v) is 6.27. The van der Waals surface area contributed by atoms with E-state index in [2.05, 4.69) is 34.2 Å². The van der Waals surface area contributed by atoms with E-state index in [1.807, 2.05) is 12.1 Å². The molecule has 1 aliphatic rings. The summed E-state index contributed by atoms with van der Waals surface area (Å²) >= 11 is 3.53. The van der Waals surface area contributed by atoms with E-state index in [-0.39, 0.29) is 0 Å². The van der Waals surface area contributed by atoms with Crippen molar-refractivity contribution in [3.05, 3.63) is 28.2 Å². The molecule has 1 saturated heterocycles. The smallest absolute Gasteiger partial charge is 0.123 e. The summed E-state index contributed by atoms with van der Waals surface area (Å²) in [6, 6.07) is 6.13. The van der Waals surface area contributed by atoms with Crippen LogP contribution >= 0.6 is 15.9 Å². The lowest BCUT2D eigenvalue weighted by Crippen LogP contribution is -2.29. The number of rotatable bonds is 6. The second kappa shape index (κ2) is 7.91. The molecule has 1 N–H and O–H groups in total. The topological polar surface area (TPSA) is 21.3 Å². The molecule has 0 aromatic heterocycles. The van der Waals surface area contributed by atoms with Crippen LogP contribution in [-0.4, -0.2) is 19.7 Å². The molecule has 1 fully saturated rings. The number of unbranched alkanes of at least 4 members (excludes halogenated alkanes) is 1. The SMILES string of the molecule is Cc1c(Br)cccc1OCCCC[C@H]1CCCNC1. The van der Waals surface area contributed by atoms with Crippen LogP contribution in [-0.2, 0) is 0 Å². The van der Waals surface area contributed by atoms with Crippen molar-refractivity contribution in [3.63, 3.8) is 0 Å². The maximum absolute atomic E-state index is 5.86. The summed E-state index contributed by atoms with van der Waals surface area (Å²) in [6.45, 7) is 5.35. The van der Waals surface area contributed by atoms with Gasteiger partial charge in [-0.3, -0.25) is 0 Å². The second-order valence-electron chi connectivity index (χ2n) is 5.42. The lowest BCUT2D eigenvalue weighted by Gasteiger charge is -2.22. The van der Waals surface area contributed by atoms with Crippen LogP contribution in [0.25, 0.3) is 0 Å². The number of ether oxygens (including phenoxy) is 1. The molecule has 0 aliphatic carbocycles. The van der Waals surface area contributed by atoms with Gasteiger partial charge in [-0.05, 0) is 70.2 Å². The Bertz CT molecular complexity index is 388. The van der Waals surface area contributed by atoms with Crippen molar-refractivity contribution in [1.82, 2.24) is 5.32 Å². The zero-order valence-corrected chi connectivity index (χ0v) is 13.3. The summed E-state index contributed by atoms with van der Waals surface area (Å²) in [5.41, 5.74) is 1.19. The quantitative estimate of drug-likeness (QED) is 0.787. The molecule has 1 heterocycles. The Kier molecular flexibility index (Phi) is 6.18. The third kappa shape index (κ3) is 4.81. The molecular formula is C16H24BrNO. The minimum absolute atomic E-state index is 0.831. The van der Waals surface area contributed by atoms with Crippen LogP contribution in [0.5, 0.6) is 5.75 Å². The zero-order chi connectivity index (χ0) is 13.5. The first kappa shape index (κ1) is 14.9. The molecule has 106 valence electrons. The van der Waals surface area contributed by atoms with Gasteiger partial charge in [-0.15, -0.1) is 0 Å². The highest BCUT2D eigenvalue weighted by molar-refractivity contribution is 9.10. The summed E-state index contributed by atoms with van der Waals surface area (Å²) in [5.74, 6) is 1.90. The highest BCUT2D eigenvalue weighted by Crippen LogP contribution is 2.25.